The molecule has 2 heteroatoms. The van der Waals surface area contributed by atoms with E-state index in [2.05, 4.69) is 11.6 Å². The molecule has 15 heavy (non-hydrogen) atoms. The number of benzene rings is 1. The Kier molecular flexibility index (Phi) is 2.79. The monoisotopic (exact) mass is 199 g/mol. The topological polar surface area (TPSA) is 33.1 Å². The first-order chi connectivity index (χ1) is 7.33. The molecule has 0 aliphatic heterocycles. The number of hydrogen-bond acceptors (Lipinski definition) is 2. The van der Waals surface area contributed by atoms with Crippen LogP contribution in [0, 0.1) is 0 Å². The van der Waals surface area contributed by atoms with Gasteiger partial charge in [-0.25, -0.2) is 0 Å². The lowest BCUT2D eigenvalue weighted by atomic mass is 10.0. The van der Waals surface area contributed by atoms with E-state index in [9.17, 15) is 5.11 Å². The summed E-state index contributed by atoms with van der Waals surface area (Å²) in [6.45, 7) is 3.63. The van der Waals surface area contributed by atoms with Gasteiger partial charge in [0.1, 0.15) is 0 Å². The van der Waals surface area contributed by atoms with Gasteiger partial charge in [-0.2, -0.15) is 0 Å². The van der Waals surface area contributed by atoms with Crippen molar-refractivity contribution >= 4 is 10.9 Å². The van der Waals surface area contributed by atoms with Gasteiger partial charge >= 0.3 is 0 Å². The zero-order chi connectivity index (χ0) is 10.7. The van der Waals surface area contributed by atoms with Crippen LogP contribution in [-0.4, -0.2) is 10.1 Å². The Balaban J connectivity index is 2.55. The van der Waals surface area contributed by atoms with Crippen molar-refractivity contribution in [1.29, 1.82) is 0 Å². The predicted molar refractivity (Wildman–Crippen MR) is 61.5 cm³/mol. The van der Waals surface area contributed by atoms with Crippen molar-refractivity contribution in [2.45, 2.75) is 12.5 Å². The van der Waals surface area contributed by atoms with Gasteiger partial charge in [-0.1, -0.05) is 30.3 Å². The molecule has 0 spiro atoms. The molecule has 1 aromatic heterocycles. The predicted octanol–water partition coefficient (Wildman–Crippen LogP) is 2.84. The van der Waals surface area contributed by atoms with Crippen LogP contribution in [0.2, 0.25) is 0 Å². The molecule has 1 unspecified atom stereocenters. The standard InChI is InChI=1S/C13H13NO/c1-2-5-12(15)11-8-3-6-10-7-4-9-14-13(10)11/h2-4,6-9,12,15H,1,5H2. The van der Waals surface area contributed by atoms with Crippen LogP contribution < -0.4 is 0 Å². The highest BCUT2D eigenvalue weighted by molar-refractivity contribution is 5.81. The van der Waals surface area contributed by atoms with E-state index in [-0.39, 0.29) is 0 Å². The van der Waals surface area contributed by atoms with Crippen molar-refractivity contribution < 1.29 is 5.11 Å². The molecule has 0 radical (unpaired) electrons. The van der Waals surface area contributed by atoms with Gasteiger partial charge < -0.3 is 5.11 Å². The van der Waals surface area contributed by atoms with Crippen molar-refractivity contribution in [3.8, 4) is 0 Å². The van der Waals surface area contributed by atoms with Crippen LogP contribution in [0.1, 0.15) is 18.1 Å². The van der Waals surface area contributed by atoms with Crippen LogP contribution in [0.25, 0.3) is 10.9 Å². The van der Waals surface area contributed by atoms with Gasteiger partial charge in [0, 0.05) is 17.1 Å². The lowest BCUT2D eigenvalue weighted by molar-refractivity contribution is 0.183. The van der Waals surface area contributed by atoms with Crippen molar-refractivity contribution in [2.75, 3.05) is 0 Å². The summed E-state index contributed by atoms with van der Waals surface area (Å²) >= 11 is 0. The molecule has 0 fully saturated rings. The first-order valence-corrected chi connectivity index (χ1v) is 4.95. The fourth-order valence-corrected chi connectivity index (χ4v) is 1.68. The maximum absolute atomic E-state index is 9.91. The molecule has 2 rings (SSSR count). The Bertz CT molecular complexity index is 473. The minimum atomic E-state index is -0.513. The largest absolute Gasteiger partial charge is 0.388 e. The zero-order valence-electron chi connectivity index (χ0n) is 8.43. The highest BCUT2D eigenvalue weighted by Gasteiger charge is 2.09. The Hall–Kier alpha value is -1.67. The molecule has 76 valence electrons. The maximum Gasteiger partial charge on any atom is 0.0845 e. The van der Waals surface area contributed by atoms with E-state index < -0.39 is 6.10 Å². The van der Waals surface area contributed by atoms with Crippen LogP contribution in [0.3, 0.4) is 0 Å². The maximum atomic E-state index is 9.91. The molecule has 2 nitrogen and oxygen atoms in total. The van der Waals surface area contributed by atoms with E-state index in [1.165, 1.54) is 0 Å². The highest BCUT2D eigenvalue weighted by atomic mass is 16.3. The van der Waals surface area contributed by atoms with Crippen LogP contribution >= 0.6 is 0 Å². The number of hydrogen-bond donors (Lipinski definition) is 1. The summed E-state index contributed by atoms with van der Waals surface area (Å²) in [4.78, 5) is 4.29. The summed E-state index contributed by atoms with van der Waals surface area (Å²) in [6, 6.07) is 9.72. The number of aliphatic hydroxyl groups excluding tert-OH is 1. The van der Waals surface area contributed by atoms with Crippen LogP contribution in [0.4, 0.5) is 0 Å². The molecule has 2 aromatic rings. The van der Waals surface area contributed by atoms with Gasteiger partial charge in [-0.3, -0.25) is 4.98 Å². The lowest BCUT2D eigenvalue weighted by Crippen LogP contribution is -1.97. The lowest BCUT2D eigenvalue weighted by Gasteiger charge is -2.10. The van der Waals surface area contributed by atoms with E-state index >= 15 is 0 Å². The van der Waals surface area contributed by atoms with Gasteiger partial charge in [0.15, 0.2) is 0 Å². The van der Waals surface area contributed by atoms with Crippen LogP contribution in [-0.2, 0) is 0 Å². The van der Waals surface area contributed by atoms with Crippen molar-refractivity contribution in [3.05, 3.63) is 54.7 Å². The van der Waals surface area contributed by atoms with Gasteiger partial charge in [-0.15, -0.1) is 6.58 Å². The number of rotatable bonds is 3. The molecule has 1 N–H and O–H groups in total. The molecular weight excluding hydrogens is 186 g/mol. The van der Waals surface area contributed by atoms with E-state index in [0.29, 0.717) is 6.42 Å². The minimum Gasteiger partial charge on any atom is -0.388 e. The van der Waals surface area contributed by atoms with E-state index in [1.807, 2.05) is 30.3 Å². The number of fused-ring (bicyclic) bond motifs is 1. The van der Waals surface area contributed by atoms with Crippen molar-refractivity contribution in [2.24, 2.45) is 0 Å². The number of aliphatic hydroxyl groups is 1. The summed E-state index contributed by atoms with van der Waals surface area (Å²) in [5.41, 5.74) is 1.74. The van der Waals surface area contributed by atoms with Crippen LogP contribution in [0.5, 0.6) is 0 Å². The summed E-state index contributed by atoms with van der Waals surface area (Å²) in [6.07, 6.45) is 3.50. The molecule has 0 aliphatic rings. The normalized spacial score (nSPS) is 12.6. The average molecular weight is 199 g/mol. The molecule has 0 aliphatic carbocycles. The molecule has 1 heterocycles. The molecule has 0 bridgehead atoms. The summed E-state index contributed by atoms with van der Waals surface area (Å²) in [7, 11) is 0. The average Bonchev–Trinajstić information content (AvgIpc) is 2.28. The molecular formula is C13H13NO. The van der Waals surface area contributed by atoms with Crippen molar-refractivity contribution in [3.63, 3.8) is 0 Å². The van der Waals surface area contributed by atoms with Gasteiger partial charge in [-0.05, 0) is 12.5 Å². The molecule has 1 aromatic carbocycles. The third-order valence-corrected chi connectivity index (χ3v) is 2.41. The Morgan fingerprint density at radius 3 is 2.93 bits per heavy atom. The first kappa shape index (κ1) is 9.87. The number of pyridine rings is 1. The fourth-order valence-electron chi connectivity index (χ4n) is 1.68. The number of aromatic nitrogens is 1. The zero-order valence-corrected chi connectivity index (χ0v) is 8.43. The van der Waals surface area contributed by atoms with Crippen LogP contribution in [0.15, 0.2) is 49.2 Å². The molecule has 0 amide bonds. The SMILES string of the molecule is C=CCC(O)c1cccc2cccnc12. The minimum absolute atomic E-state index is 0.513. The Labute approximate surface area is 88.9 Å². The Morgan fingerprint density at radius 2 is 2.13 bits per heavy atom. The third-order valence-electron chi connectivity index (χ3n) is 2.41. The summed E-state index contributed by atoms with van der Waals surface area (Å²) in [5.74, 6) is 0. The summed E-state index contributed by atoms with van der Waals surface area (Å²) < 4.78 is 0. The number of nitrogens with zero attached hydrogens (tertiary/aromatic N) is 1. The first-order valence-electron chi connectivity index (χ1n) is 4.95. The van der Waals surface area contributed by atoms with Crippen molar-refractivity contribution in [1.82, 2.24) is 4.98 Å². The van der Waals surface area contributed by atoms with E-state index in [0.717, 1.165) is 16.5 Å². The number of para-hydroxylation sites is 1. The second-order valence-corrected chi connectivity index (χ2v) is 3.46. The fraction of sp³-hybridized carbons (Fsp3) is 0.154. The molecule has 0 saturated carbocycles. The highest BCUT2D eigenvalue weighted by Crippen LogP contribution is 2.24. The molecule has 1 atom stereocenters. The van der Waals surface area contributed by atoms with Gasteiger partial charge in [0.05, 0.1) is 11.6 Å². The van der Waals surface area contributed by atoms with Gasteiger partial charge in [0.25, 0.3) is 0 Å². The van der Waals surface area contributed by atoms with E-state index in [4.69, 9.17) is 0 Å². The Morgan fingerprint density at radius 1 is 1.33 bits per heavy atom. The van der Waals surface area contributed by atoms with Gasteiger partial charge in [0.2, 0.25) is 0 Å². The quantitative estimate of drug-likeness (QED) is 0.771. The summed E-state index contributed by atoms with van der Waals surface area (Å²) in [5, 5.41) is 11.0. The van der Waals surface area contributed by atoms with E-state index in [1.54, 1.807) is 12.3 Å². The molecule has 0 saturated heterocycles. The third kappa shape index (κ3) is 1.90. The second-order valence-electron chi connectivity index (χ2n) is 3.46. The second kappa shape index (κ2) is 4.24. The smallest absolute Gasteiger partial charge is 0.0845 e.